The van der Waals surface area contributed by atoms with E-state index in [2.05, 4.69) is 17.0 Å². The summed E-state index contributed by atoms with van der Waals surface area (Å²) < 4.78 is 5.42. The van der Waals surface area contributed by atoms with E-state index < -0.39 is 12.3 Å². The molecule has 9 heteroatoms. The molecule has 1 aliphatic rings. The van der Waals surface area contributed by atoms with Gasteiger partial charge in [-0.15, -0.1) is 0 Å². The van der Waals surface area contributed by atoms with Crippen molar-refractivity contribution in [1.29, 1.82) is 0 Å². The van der Waals surface area contributed by atoms with Gasteiger partial charge in [-0.1, -0.05) is 78.3 Å². The first kappa shape index (κ1) is 24.3. The monoisotopic (exact) mass is 507 g/mol. The summed E-state index contributed by atoms with van der Waals surface area (Å²) in [4.78, 5) is 19.3. The fourth-order valence-corrected chi connectivity index (χ4v) is 4.14. The molecule has 0 radical (unpaired) electrons. The maximum Gasteiger partial charge on any atom is 0.409 e. The topological polar surface area (TPSA) is 92.3 Å². The Labute approximate surface area is 213 Å². The maximum atomic E-state index is 12.8. The fraction of sp³-hybridized carbons (Fsp3) is 0.115. The summed E-state index contributed by atoms with van der Waals surface area (Å²) in [6, 6.07) is 22.0. The van der Waals surface area contributed by atoms with E-state index in [1.54, 1.807) is 30.0 Å². The van der Waals surface area contributed by atoms with Gasteiger partial charge in [0.15, 0.2) is 6.17 Å². The lowest BCUT2D eigenvalue weighted by Gasteiger charge is -2.28. The second-order valence-electron chi connectivity index (χ2n) is 7.73. The molecule has 1 amide bonds. The Kier molecular flexibility index (Phi) is 7.39. The third-order valence-corrected chi connectivity index (χ3v) is 5.99. The van der Waals surface area contributed by atoms with Gasteiger partial charge in [0, 0.05) is 21.2 Å². The van der Waals surface area contributed by atoms with Crippen LogP contribution in [0, 0.1) is 0 Å². The van der Waals surface area contributed by atoms with Gasteiger partial charge in [0.05, 0.1) is 17.1 Å². The highest BCUT2D eigenvalue weighted by Gasteiger charge is 2.31. The van der Waals surface area contributed by atoms with Crippen LogP contribution in [0.3, 0.4) is 0 Å². The molecule has 178 valence electrons. The number of halogens is 2. The van der Waals surface area contributed by atoms with Crippen molar-refractivity contribution in [1.82, 2.24) is 5.32 Å². The van der Waals surface area contributed by atoms with E-state index >= 15 is 0 Å². The standard InChI is InChI=1S/C26H23Cl2N5O2/c1-16-25(31-26(34)35-15-18-8-4-3-5-9-18)30-24(20-10-6-7-11-22(20)28)21-14-19(27)12-13-23(21)33(16)17(2)32-29/h3-14,25H,1,15,29H2,2H3,(H,31,34)/b32-17-. The number of nitrogens with zero attached hydrogens (tertiary/aromatic N) is 3. The number of amidine groups is 1. The molecule has 0 saturated heterocycles. The van der Waals surface area contributed by atoms with E-state index in [1.807, 2.05) is 54.6 Å². The van der Waals surface area contributed by atoms with Gasteiger partial charge in [0.1, 0.15) is 12.4 Å². The number of nitrogens with one attached hydrogen (secondary N) is 1. The van der Waals surface area contributed by atoms with Crippen molar-refractivity contribution in [2.75, 3.05) is 4.90 Å². The Morgan fingerprint density at radius 2 is 1.83 bits per heavy atom. The lowest BCUT2D eigenvalue weighted by molar-refractivity contribution is 0.137. The zero-order valence-corrected chi connectivity index (χ0v) is 20.4. The minimum Gasteiger partial charge on any atom is -0.445 e. The van der Waals surface area contributed by atoms with Gasteiger partial charge in [0.2, 0.25) is 0 Å². The average Bonchev–Trinajstić information content (AvgIpc) is 2.97. The van der Waals surface area contributed by atoms with Crippen molar-refractivity contribution < 1.29 is 9.53 Å². The van der Waals surface area contributed by atoms with Crippen molar-refractivity contribution >= 4 is 46.5 Å². The van der Waals surface area contributed by atoms with E-state index in [0.29, 0.717) is 44.1 Å². The maximum absolute atomic E-state index is 12.8. The number of amides is 1. The molecule has 0 saturated carbocycles. The van der Waals surface area contributed by atoms with Crippen LogP contribution in [-0.4, -0.2) is 23.8 Å². The number of carbonyl (C=O) groups excluding carboxylic acids is 1. The number of nitrogens with two attached hydrogens (primary N) is 1. The fourth-order valence-electron chi connectivity index (χ4n) is 3.74. The van der Waals surface area contributed by atoms with E-state index in [-0.39, 0.29) is 6.61 Å². The molecule has 0 aromatic heterocycles. The minimum absolute atomic E-state index is 0.107. The summed E-state index contributed by atoms with van der Waals surface area (Å²) in [5, 5.41) is 7.65. The Morgan fingerprint density at radius 3 is 2.54 bits per heavy atom. The van der Waals surface area contributed by atoms with Crippen molar-refractivity contribution in [2.45, 2.75) is 19.7 Å². The number of ether oxygens (including phenoxy) is 1. The summed E-state index contributed by atoms with van der Waals surface area (Å²) in [5.74, 6) is 6.08. The normalized spacial score (nSPS) is 15.7. The number of aliphatic imine (C=N–C) groups is 1. The molecule has 35 heavy (non-hydrogen) atoms. The molecule has 3 aromatic carbocycles. The molecule has 0 bridgehead atoms. The third kappa shape index (κ3) is 5.31. The highest BCUT2D eigenvalue weighted by molar-refractivity contribution is 6.36. The molecule has 1 aliphatic heterocycles. The van der Waals surface area contributed by atoms with Crippen LogP contribution in [-0.2, 0) is 11.3 Å². The molecular formula is C26H23Cl2N5O2. The average molecular weight is 508 g/mol. The number of hydrogen-bond acceptors (Lipinski definition) is 5. The van der Waals surface area contributed by atoms with E-state index in [0.717, 1.165) is 5.56 Å². The first-order chi connectivity index (χ1) is 16.9. The molecule has 0 aliphatic carbocycles. The molecule has 3 N–H and O–H groups in total. The van der Waals surface area contributed by atoms with Crippen molar-refractivity contribution in [3.05, 3.63) is 112 Å². The Morgan fingerprint density at radius 1 is 1.11 bits per heavy atom. The first-order valence-corrected chi connectivity index (χ1v) is 11.5. The zero-order chi connectivity index (χ0) is 24.9. The molecule has 3 aromatic rings. The Balaban J connectivity index is 1.77. The van der Waals surface area contributed by atoms with Crippen LogP contribution < -0.4 is 16.1 Å². The Hall–Kier alpha value is -3.81. The Bertz CT molecular complexity index is 1320. The van der Waals surface area contributed by atoms with E-state index in [4.69, 9.17) is 38.8 Å². The predicted octanol–water partition coefficient (Wildman–Crippen LogP) is 5.71. The van der Waals surface area contributed by atoms with Gasteiger partial charge < -0.3 is 10.6 Å². The van der Waals surface area contributed by atoms with Crippen LogP contribution >= 0.6 is 23.2 Å². The van der Waals surface area contributed by atoms with Gasteiger partial charge in [-0.3, -0.25) is 15.2 Å². The molecule has 0 fully saturated rings. The second-order valence-corrected chi connectivity index (χ2v) is 8.57. The highest BCUT2D eigenvalue weighted by Crippen LogP contribution is 2.35. The van der Waals surface area contributed by atoms with Gasteiger partial charge >= 0.3 is 6.09 Å². The molecular weight excluding hydrogens is 485 g/mol. The van der Waals surface area contributed by atoms with Crippen LogP contribution in [0.15, 0.2) is 95.2 Å². The summed E-state index contributed by atoms with van der Waals surface area (Å²) >= 11 is 12.9. The number of carbonyl (C=O) groups is 1. The number of fused-ring (bicyclic) bond motifs is 1. The van der Waals surface area contributed by atoms with Crippen molar-refractivity contribution in [3.8, 4) is 0 Å². The highest BCUT2D eigenvalue weighted by atomic mass is 35.5. The lowest BCUT2D eigenvalue weighted by Crippen LogP contribution is -2.42. The second kappa shape index (κ2) is 10.6. The molecule has 1 heterocycles. The number of hydrogen-bond donors (Lipinski definition) is 2. The molecule has 0 spiro atoms. The smallest absolute Gasteiger partial charge is 0.409 e. The summed E-state index contributed by atoms with van der Waals surface area (Å²) in [7, 11) is 0. The number of benzodiazepines with no additional fused rings is 1. The van der Waals surface area contributed by atoms with Crippen LogP contribution in [0.5, 0.6) is 0 Å². The molecule has 4 rings (SSSR count). The van der Waals surface area contributed by atoms with Gasteiger partial charge in [-0.25, -0.2) is 4.79 Å². The van der Waals surface area contributed by atoms with E-state index in [9.17, 15) is 4.79 Å². The molecule has 1 atom stereocenters. The number of rotatable bonds is 4. The summed E-state index contributed by atoms with van der Waals surface area (Å²) in [6.45, 7) is 6.03. The van der Waals surface area contributed by atoms with Crippen molar-refractivity contribution in [3.63, 3.8) is 0 Å². The van der Waals surface area contributed by atoms with E-state index in [1.165, 1.54) is 0 Å². The molecule has 1 unspecified atom stereocenters. The number of hydrazone groups is 1. The van der Waals surface area contributed by atoms with Crippen molar-refractivity contribution in [2.24, 2.45) is 15.9 Å². The molecule has 7 nitrogen and oxygen atoms in total. The van der Waals surface area contributed by atoms with Gasteiger partial charge in [-0.05, 0) is 36.8 Å². The van der Waals surface area contributed by atoms with Crippen LogP contribution in [0.2, 0.25) is 10.0 Å². The quantitative estimate of drug-likeness (QED) is 0.204. The number of anilines is 1. The zero-order valence-electron chi connectivity index (χ0n) is 18.9. The SMILES string of the molecule is C=C1C(NC(=O)OCc2ccccc2)N=C(c2ccccc2Cl)c2cc(Cl)ccc2N1/C(C)=N\N. The van der Waals surface area contributed by atoms with Gasteiger partial charge in [-0.2, -0.15) is 5.10 Å². The largest absolute Gasteiger partial charge is 0.445 e. The first-order valence-electron chi connectivity index (χ1n) is 10.7. The number of alkyl carbamates (subject to hydrolysis) is 1. The van der Waals surface area contributed by atoms with Crippen LogP contribution in [0.4, 0.5) is 10.5 Å². The predicted molar refractivity (Wildman–Crippen MR) is 141 cm³/mol. The summed E-state index contributed by atoms with van der Waals surface area (Å²) in [5.41, 5.74) is 3.83. The third-order valence-electron chi connectivity index (χ3n) is 5.42. The number of benzene rings is 3. The van der Waals surface area contributed by atoms with Crippen LogP contribution in [0.1, 0.15) is 23.6 Å². The minimum atomic E-state index is -0.910. The lowest BCUT2D eigenvalue weighted by atomic mass is 10.00. The van der Waals surface area contributed by atoms with Gasteiger partial charge in [0.25, 0.3) is 0 Å². The summed E-state index contributed by atoms with van der Waals surface area (Å²) in [6.07, 6.45) is -1.57. The van der Waals surface area contributed by atoms with Crippen LogP contribution in [0.25, 0.3) is 0 Å².